The Labute approximate surface area is 165 Å². The molecule has 9 heteroatoms. The normalized spacial score (nSPS) is 19.8. The highest BCUT2D eigenvalue weighted by Gasteiger charge is 2.45. The minimum atomic E-state index is -4.33. The van der Waals surface area contributed by atoms with Crippen LogP contribution in [0.3, 0.4) is 0 Å². The molecular formula is C19H22F3N5S. The number of hydrogen-bond acceptors (Lipinski definition) is 4. The second-order valence-corrected chi connectivity index (χ2v) is 8.20. The lowest BCUT2D eigenvalue weighted by Crippen LogP contribution is -2.51. The van der Waals surface area contributed by atoms with Crippen LogP contribution in [0.4, 0.5) is 18.3 Å². The molecule has 2 N–H and O–H groups in total. The van der Waals surface area contributed by atoms with Crippen molar-refractivity contribution >= 4 is 22.4 Å². The van der Waals surface area contributed by atoms with Crippen molar-refractivity contribution in [1.29, 1.82) is 0 Å². The summed E-state index contributed by atoms with van der Waals surface area (Å²) in [6, 6.07) is 5.61. The van der Waals surface area contributed by atoms with Crippen molar-refractivity contribution in [3.63, 3.8) is 0 Å². The van der Waals surface area contributed by atoms with Gasteiger partial charge in [-0.15, -0.1) is 11.3 Å². The summed E-state index contributed by atoms with van der Waals surface area (Å²) in [7, 11) is 0. The predicted octanol–water partition coefficient (Wildman–Crippen LogP) is 3.33. The zero-order chi connectivity index (χ0) is 19.8. The molecule has 2 fully saturated rings. The molecule has 2 aliphatic rings. The van der Waals surface area contributed by atoms with Gasteiger partial charge in [0, 0.05) is 43.2 Å². The third kappa shape index (κ3) is 3.94. The lowest BCUT2D eigenvalue weighted by atomic mass is 9.94. The van der Waals surface area contributed by atoms with Gasteiger partial charge in [-0.1, -0.05) is 18.2 Å². The molecule has 5 nitrogen and oxygen atoms in total. The number of thiazole rings is 1. The van der Waals surface area contributed by atoms with Crippen LogP contribution in [0, 0.1) is 0 Å². The van der Waals surface area contributed by atoms with Crippen LogP contribution in [-0.2, 0) is 11.6 Å². The molecular weight excluding hydrogens is 387 g/mol. The molecule has 1 aromatic carbocycles. The molecule has 0 unspecified atom stereocenters. The molecule has 1 aliphatic heterocycles. The third-order valence-corrected chi connectivity index (χ3v) is 6.33. The Morgan fingerprint density at radius 1 is 1.21 bits per heavy atom. The fourth-order valence-corrected chi connectivity index (χ4v) is 4.24. The molecule has 1 aliphatic carbocycles. The average Bonchev–Trinajstić information content (AvgIpc) is 3.29. The highest BCUT2D eigenvalue weighted by atomic mass is 32.1. The number of alkyl halides is 3. The van der Waals surface area contributed by atoms with Gasteiger partial charge >= 0.3 is 6.18 Å². The Morgan fingerprint density at radius 2 is 1.96 bits per heavy atom. The zero-order valence-corrected chi connectivity index (χ0v) is 16.1. The second-order valence-electron chi connectivity index (χ2n) is 7.32. The summed E-state index contributed by atoms with van der Waals surface area (Å²) in [5.41, 5.74) is 5.97. The quantitative estimate of drug-likeness (QED) is 0.622. The van der Waals surface area contributed by atoms with E-state index in [9.17, 15) is 13.2 Å². The highest BCUT2D eigenvalue weighted by Crippen LogP contribution is 2.49. The molecule has 0 bridgehead atoms. The van der Waals surface area contributed by atoms with Crippen LogP contribution in [0.1, 0.15) is 24.0 Å². The van der Waals surface area contributed by atoms with E-state index in [1.54, 1.807) is 23.6 Å². The molecule has 1 saturated carbocycles. The average molecular weight is 409 g/mol. The van der Waals surface area contributed by atoms with Crippen molar-refractivity contribution < 1.29 is 13.2 Å². The summed E-state index contributed by atoms with van der Waals surface area (Å²) in [6.45, 7) is 3.58. The molecule has 0 amide bonds. The first kappa shape index (κ1) is 19.0. The maximum absolute atomic E-state index is 13.0. The number of aromatic nitrogens is 1. The number of anilines is 1. The minimum Gasteiger partial charge on any atom is -0.370 e. The van der Waals surface area contributed by atoms with Gasteiger partial charge in [-0.05, 0) is 24.5 Å². The molecule has 2 aromatic rings. The Morgan fingerprint density at radius 3 is 2.57 bits per heavy atom. The fourth-order valence-electron chi connectivity index (χ4n) is 3.55. The van der Waals surface area contributed by atoms with Crippen LogP contribution in [0.5, 0.6) is 0 Å². The van der Waals surface area contributed by atoms with E-state index >= 15 is 0 Å². The first-order valence-corrected chi connectivity index (χ1v) is 10.1. The van der Waals surface area contributed by atoms with E-state index in [0.29, 0.717) is 18.1 Å². The van der Waals surface area contributed by atoms with Gasteiger partial charge < -0.3 is 15.5 Å². The molecule has 150 valence electrons. The molecule has 28 heavy (non-hydrogen) atoms. The Bertz CT molecular complexity index is 838. The van der Waals surface area contributed by atoms with Crippen LogP contribution in [0.25, 0.3) is 0 Å². The summed E-state index contributed by atoms with van der Waals surface area (Å²) < 4.78 is 39.0. The molecule has 1 saturated heterocycles. The summed E-state index contributed by atoms with van der Waals surface area (Å²) >= 11 is 1.62. The number of piperazine rings is 1. The van der Waals surface area contributed by atoms with E-state index < -0.39 is 11.7 Å². The van der Waals surface area contributed by atoms with Gasteiger partial charge in [-0.2, -0.15) is 13.2 Å². The summed E-state index contributed by atoms with van der Waals surface area (Å²) in [5.74, 6) is 0.469. The molecule has 0 atom stereocenters. The summed E-state index contributed by atoms with van der Waals surface area (Å²) in [4.78, 5) is 13.1. The number of halogens is 3. The number of benzene rings is 1. The van der Waals surface area contributed by atoms with Crippen LogP contribution < -0.4 is 10.6 Å². The zero-order valence-electron chi connectivity index (χ0n) is 15.3. The Balaban J connectivity index is 1.39. The monoisotopic (exact) mass is 409 g/mol. The number of hydrogen-bond donors (Lipinski definition) is 1. The fraction of sp³-hybridized carbons (Fsp3) is 0.474. The second kappa shape index (κ2) is 7.27. The van der Waals surface area contributed by atoms with Crippen LogP contribution >= 0.6 is 11.3 Å². The number of aliphatic imine (C=N–C) groups is 1. The first-order chi connectivity index (χ1) is 13.4. The standard InChI is InChI=1S/C19H22F3N5S/c20-19(21,22)15-3-1-2-14(12-15)18(4-5-18)13-25-16(23)26-7-9-27(10-8-26)17-24-6-11-28-17/h1-3,6,11-12H,4-5,7-10,13H2,(H2,23,25). The Kier molecular flexibility index (Phi) is 4.95. The van der Waals surface area contributed by atoms with E-state index in [0.717, 1.165) is 50.2 Å². The molecule has 4 rings (SSSR count). The smallest absolute Gasteiger partial charge is 0.370 e. The van der Waals surface area contributed by atoms with Crippen LogP contribution in [0.15, 0.2) is 40.8 Å². The van der Waals surface area contributed by atoms with Gasteiger partial charge in [-0.3, -0.25) is 4.99 Å². The van der Waals surface area contributed by atoms with Crippen LogP contribution in [-0.4, -0.2) is 48.6 Å². The Hall–Kier alpha value is -2.29. The SMILES string of the molecule is NC(=NCC1(c2cccc(C(F)(F)F)c2)CC1)N1CCN(c2nccs2)CC1. The minimum absolute atomic E-state index is 0.311. The van der Waals surface area contributed by atoms with Crippen molar-refractivity contribution in [3.8, 4) is 0 Å². The van der Waals surface area contributed by atoms with E-state index in [-0.39, 0.29) is 5.41 Å². The van der Waals surface area contributed by atoms with Gasteiger partial charge in [0.2, 0.25) is 0 Å². The van der Waals surface area contributed by atoms with Gasteiger partial charge in [0.25, 0.3) is 0 Å². The summed E-state index contributed by atoms with van der Waals surface area (Å²) in [5, 5.41) is 2.97. The topological polar surface area (TPSA) is 57.8 Å². The molecule has 0 radical (unpaired) electrons. The lowest BCUT2D eigenvalue weighted by Gasteiger charge is -2.35. The van der Waals surface area contributed by atoms with Crippen molar-refractivity contribution in [3.05, 3.63) is 47.0 Å². The number of guanidine groups is 1. The third-order valence-electron chi connectivity index (χ3n) is 5.49. The van der Waals surface area contributed by atoms with Gasteiger partial charge in [0.05, 0.1) is 12.1 Å². The molecule has 2 heterocycles. The van der Waals surface area contributed by atoms with Gasteiger partial charge in [-0.25, -0.2) is 4.98 Å². The lowest BCUT2D eigenvalue weighted by molar-refractivity contribution is -0.137. The number of nitrogens with zero attached hydrogens (tertiary/aromatic N) is 4. The van der Waals surface area contributed by atoms with Crippen LogP contribution in [0.2, 0.25) is 0 Å². The predicted molar refractivity (Wildman–Crippen MR) is 105 cm³/mol. The van der Waals surface area contributed by atoms with Crippen molar-refractivity contribution in [2.75, 3.05) is 37.6 Å². The van der Waals surface area contributed by atoms with Crippen molar-refractivity contribution in [1.82, 2.24) is 9.88 Å². The maximum atomic E-state index is 13.0. The summed E-state index contributed by atoms with van der Waals surface area (Å²) in [6.07, 6.45) is -0.859. The molecule has 0 spiro atoms. The molecule has 1 aromatic heterocycles. The van der Waals surface area contributed by atoms with Crippen molar-refractivity contribution in [2.24, 2.45) is 10.7 Å². The maximum Gasteiger partial charge on any atom is 0.416 e. The van der Waals surface area contributed by atoms with E-state index in [2.05, 4.69) is 14.9 Å². The largest absolute Gasteiger partial charge is 0.416 e. The van der Waals surface area contributed by atoms with Crippen molar-refractivity contribution in [2.45, 2.75) is 24.4 Å². The van der Waals surface area contributed by atoms with E-state index in [1.165, 1.54) is 12.1 Å². The van der Waals surface area contributed by atoms with Gasteiger partial charge in [0.15, 0.2) is 11.1 Å². The highest BCUT2D eigenvalue weighted by molar-refractivity contribution is 7.13. The number of nitrogens with two attached hydrogens (primary N) is 1. The first-order valence-electron chi connectivity index (χ1n) is 9.24. The van der Waals surface area contributed by atoms with Gasteiger partial charge in [0.1, 0.15) is 0 Å². The van der Waals surface area contributed by atoms with E-state index in [4.69, 9.17) is 5.73 Å². The number of rotatable bonds is 4. The van der Waals surface area contributed by atoms with E-state index in [1.807, 2.05) is 10.3 Å².